The molecule has 19 heavy (non-hydrogen) atoms. The largest absolute Gasteiger partial charge is 0.345 e. The van der Waals surface area contributed by atoms with E-state index in [1.165, 1.54) is 21.5 Å². The zero-order valence-corrected chi connectivity index (χ0v) is 13.3. The standard InChI is InChI=1S/C15H11Cl3Si/c16-19(17,18)10-14-7-3-6-13-8-11-4-1-2-5-12(11)9-15(13)14/h1-9H,10H2. The first kappa shape index (κ1) is 13.3. The van der Waals surface area contributed by atoms with Crippen LogP contribution in [0.2, 0.25) is 0 Å². The number of rotatable bonds is 2. The minimum Gasteiger partial charge on any atom is -0.126 e. The van der Waals surface area contributed by atoms with Gasteiger partial charge < -0.3 is 0 Å². The van der Waals surface area contributed by atoms with Crippen LogP contribution in [0.4, 0.5) is 0 Å². The van der Waals surface area contributed by atoms with Gasteiger partial charge in [0.25, 0.3) is 0 Å². The van der Waals surface area contributed by atoms with Gasteiger partial charge in [-0.1, -0.05) is 42.5 Å². The van der Waals surface area contributed by atoms with Gasteiger partial charge in [-0.15, -0.1) is 33.2 Å². The Labute approximate surface area is 127 Å². The van der Waals surface area contributed by atoms with E-state index in [4.69, 9.17) is 33.2 Å². The molecule has 0 heterocycles. The van der Waals surface area contributed by atoms with Crippen LogP contribution in [-0.4, -0.2) is 6.00 Å². The van der Waals surface area contributed by atoms with Gasteiger partial charge in [-0.05, 0) is 39.2 Å². The van der Waals surface area contributed by atoms with Crippen molar-refractivity contribution in [1.82, 2.24) is 0 Å². The number of halogens is 3. The summed E-state index contributed by atoms with van der Waals surface area (Å²) in [5.41, 5.74) is 1.12. The Hall–Kier alpha value is -0.733. The lowest BCUT2D eigenvalue weighted by Gasteiger charge is -2.11. The highest BCUT2D eigenvalue weighted by Gasteiger charge is 2.26. The van der Waals surface area contributed by atoms with Crippen LogP contribution < -0.4 is 0 Å². The molecule has 0 unspecified atom stereocenters. The molecule has 0 aliphatic heterocycles. The molecule has 0 amide bonds. The van der Waals surface area contributed by atoms with Crippen molar-refractivity contribution in [3.8, 4) is 0 Å². The maximum Gasteiger partial charge on any atom is 0.345 e. The van der Waals surface area contributed by atoms with Crippen LogP contribution in [-0.2, 0) is 6.04 Å². The third kappa shape index (κ3) is 2.90. The van der Waals surface area contributed by atoms with E-state index < -0.39 is 6.00 Å². The summed E-state index contributed by atoms with van der Waals surface area (Å²) >= 11 is 18.2. The highest BCUT2D eigenvalue weighted by Crippen LogP contribution is 2.31. The van der Waals surface area contributed by atoms with E-state index in [1.807, 2.05) is 24.3 Å². The number of benzene rings is 3. The van der Waals surface area contributed by atoms with Crippen LogP contribution in [0.15, 0.2) is 54.6 Å². The summed E-state index contributed by atoms with van der Waals surface area (Å²) in [5, 5.41) is 4.83. The Morgan fingerprint density at radius 3 is 2.05 bits per heavy atom. The number of hydrogen-bond acceptors (Lipinski definition) is 0. The van der Waals surface area contributed by atoms with Crippen LogP contribution in [0, 0.1) is 0 Å². The lowest BCUT2D eigenvalue weighted by molar-refractivity contribution is 1.43. The average molecular weight is 326 g/mol. The second-order valence-corrected chi connectivity index (χ2v) is 13.8. The lowest BCUT2D eigenvalue weighted by Crippen LogP contribution is -2.14. The van der Waals surface area contributed by atoms with E-state index in [9.17, 15) is 0 Å². The number of hydrogen-bond donors (Lipinski definition) is 0. The van der Waals surface area contributed by atoms with Crippen LogP contribution in [0.5, 0.6) is 0 Å². The molecule has 3 aromatic carbocycles. The van der Waals surface area contributed by atoms with Crippen molar-refractivity contribution in [3.63, 3.8) is 0 Å². The molecule has 0 bridgehead atoms. The zero-order chi connectivity index (χ0) is 13.5. The fourth-order valence-electron chi connectivity index (χ4n) is 2.40. The lowest BCUT2D eigenvalue weighted by atomic mass is 10.0. The van der Waals surface area contributed by atoms with Crippen molar-refractivity contribution in [1.29, 1.82) is 0 Å². The molecule has 0 N–H and O–H groups in total. The molecule has 0 saturated carbocycles. The predicted molar refractivity (Wildman–Crippen MR) is 88.5 cm³/mol. The molecule has 0 fully saturated rings. The maximum atomic E-state index is 6.06. The van der Waals surface area contributed by atoms with E-state index >= 15 is 0 Å². The third-order valence-electron chi connectivity index (χ3n) is 3.23. The first-order valence-corrected chi connectivity index (χ1v) is 11.2. The second kappa shape index (κ2) is 4.99. The Bertz CT molecular complexity index is 747. The van der Waals surface area contributed by atoms with Gasteiger partial charge in [0.2, 0.25) is 0 Å². The Morgan fingerprint density at radius 1 is 0.737 bits per heavy atom. The van der Waals surface area contributed by atoms with Crippen LogP contribution >= 0.6 is 33.2 Å². The molecule has 96 valence electrons. The summed E-state index contributed by atoms with van der Waals surface area (Å²) in [4.78, 5) is 0. The quantitative estimate of drug-likeness (QED) is 0.321. The zero-order valence-electron chi connectivity index (χ0n) is 10.0. The Balaban J connectivity index is 2.26. The summed E-state index contributed by atoms with van der Waals surface area (Å²) in [6.07, 6.45) is 0. The molecular weight excluding hydrogens is 315 g/mol. The van der Waals surface area contributed by atoms with Gasteiger partial charge in [0, 0.05) is 6.04 Å². The normalized spacial score (nSPS) is 12.2. The molecule has 0 nitrogen and oxygen atoms in total. The molecule has 0 aliphatic carbocycles. The molecule has 0 saturated heterocycles. The summed E-state index contributed by atoms with van der Waals surface area (Å²) < 4.78 is 0. The highest BCUT2D eigenvalue weighted by molar-refractivity contribution is 7.64. The number of fused-ring (bicyclic) bond motifs is 2. The molecule has 4 heteroatoms. The first-order valence-electron chi connectivity index (χ1n) is 6.00. The minimum atomic E-state index is -2.67. The van der Waals surface area contributed by atoms with Crippen molar-refractivity contribution in [3.05, 3.63) is 60.2 Å². The van der Waals surface area contributed by atoms with Gasteiger partial charge in [-0.2, -0.15) is 0 Å². The predicted octanol–water partition coefficient (Wildman–Crippen LogP) is 5.73. The Morgan fingerprint density at radius 2 is 1.37 bits per heavy atom. The van der Waals surface area contributed by atoms with Crippen molar-refractivity contribution >= 4 is 60.8 Å². The average Bonchev–Trinajstić information content (AvgIpc) is 2.35. The first-order chi connectivity index (χ1) is 9.03. The Kier molecular flexibility index (Phi) is 3.48. The smallest absolute Gasteiger partial charge is 0.126 e. The van der Waals surface area contributed by atoms with Crippen LogP contribution in [0.25, 0.3) is 21.5 Å². The molecule has 0 aliphatic rings. The topological polar surface area (TPSA) is 0 Å². The van der Waals surface area contributed by atoms with Crippen molar-refractivity contribution < 1.29 is 0 Å². The van der Waals surface area contributed by atoms with E-state index in [0.29, 0.717) is 6.04 Å². The molecule has 0 aromatic heterocycles. The van der Waals surface area contributed by atoms with Gasteiger partial charge >= 0.3 is 6.00 Å². The van der Waals surface area contributed by atoms with E-state index in [2.05, 4.69) is 30.3 Å². The van der Waals surface area contributed by atoms with Gasteiger partial charge in [-0.25, -0.2) is 0 Å². The van der Waals surface area contributed by atoms with Crippen LogP contribution in [0.1, 0.15) is 5.56 Å². The van der Waals surface area contributed by atoms with Gasteiger partial charge in [0.05, 0.1) is 0 Å². The molecule has 0 radical (unpaired) electrons. The van der Waals surface area contributed by atoms with Crippen molar-refractivity contribution in [2.24, 2.45) is 0 Å². The van der Waals surface area contributed by atoms with Crippen LogP contribution in [0.3, 0.4) is 0 Å². The molecule has 0 spiro atoms. The molecule has 3 rings (SSSR count). The second-order valence-electron chi connectivity index (χ2n) is 4.63. The third-order valence-corrected chi connectivity index (χ3v) is 5.21. The molecule has 0 atom stereocenters. The van der Waals surface area contributed by atoms with Gasteiger partial charge in [-0.3, -0.25) is 0 Å². The monoisotopic (exact) mass is 324 g/mol. The fraction of sp³-hybridized carbons (Fsp3) is 0.0667. The van der Waals surface area contributed by atoms with E-state index in [1.54, 1.807) is 0 Å². The molecule has 3 aromatic rings. The minimum absolute atomic E-state index is 0.549. The summed E-state index contributed by atoms with van der Waals surface area (Å²) in [6, 6.07) is 16.7. The molecular formula is C15H11Cl3Si. The van der Waals surface area contributed by atoms with Crippen molar-refractivity contribution in [2.45, 2.75) is 6.04 Å². The van der Waals surface area contributed by atoms with E-state index in [-0.39, 0.29) is 0 Å². The van der Waals surface area contributed by atoms with E-state index in [0.717, 1.165) is 5.56 Å². The summed E-state index contributed by atoms with van der Waals surface area (Å²) in [7, 11) is 0. The SMILES string of the molecule is Cl[Si](Cl)(Cl)Cc1cccc2cc3ccccc3cc12. The van der Waals surface area contributed by atoms with Gasteiger partial charge in [0.1, 0.15) is 0 Å². The maximum absolute atomic E-state index is 6.06. The highest BCUT2D eigenvalue weighted by atomic mass is 35.8. The van der Waals surface area contributed by atoms with Gasteiger partial charge in [0.15, 0.2) is 0 Å². The fourth-order valence-corrected chi connectivity index (χ4v) is 4.44. The summed E-state index contributed by atoms with van der Waals surface area (Å²) in [5.74, 6) is 0. The summed E-state index contributed by atoms with van der Waals surface area (Å²) in [6.45, 7) is 0. The van der Waals surface area contributed by atoms with Crippen molar-refractivity contribution in [2.75, 3.05) is 0 Å².